The number of likely N-dealkylation sites (tertiary alicyclic amines) is 1. The molecule has 2 aromatic rings. The van der Waals surface area contributed by atoms with E-state index in [1.807, 2.05) is 30.3 Å². The number of nitrogens with zero attached hydrogens (tertiary/aromatic N) is 4. The molecule has 0 spiro atoms. The summed E-state index contributed by atoms with van der Waals surface area (Å²) in [7, 11) is 6.31. The summed E-state index contributed by atoms with van der Waals surface area (Å²) >= 11 is 0. The van der Waals surface area contributed by atoms with E-state index in [0.29, 0.717) is 6.67 Å². The summed E-state index contributed by atoms with van der Waals surface area (Å²) in [6.07, 6.45) is 10.4. The van der Waals surface area contributed by atoms with Crippen LogP contribution in [0.2, 0.25) is 0 Å². The standard InChI is InChI=1S/C28H36N4.C5H11N/c1-6-25(23(2)30-28(3)18-13-19-28)20-27(31(4)21-24-14-9-7-10-15-24)29-22-32(5)26-16-11-8-12-17-26;1-6-4-2-3-5-6/h6-12,14-17,20,30H,1-2,13,18-19,21-22H2,3-5H3;2-5H2,1H3/b25-20+,29-27+;. The van der Waals surface area contributed by atoms with Gasteiger partial charge in [-0.05, 0) is 82.9 Å². The largest absolute Gasteiger partial charge is 0.380 e. The van der Waals surface area contributed by atoms with Crippen molar-refractivity contribution >= 4 is 11.5 Å². The fourth-order valence-electron chi connectivity index (χ4n) is 4.71. The molecule has 0 bridgehead atoms. The SMILES string of the molecule is C=C/C(=C\C(=N/CN(C)c1ccccc1)N(C)Cc1ccccc1)C(=C)NC1(C)CCC1.CN1CCCC1. The van der Waals surface area contributed by atoms with Crippen LogP contribution in [0.5, 0.6) is 0 Å². The Labute approximate surface area is 231 Å². The molecule has 0 atom stereocenters. The van der Waals surface area contributed by atoms with Crippen molar-refractivity contribution in [3.05, 3.63) is 103 Å². The van der Waals surface area contributed by atoms with E-state index in [-0.39, 0.29) is 5.54 Å². The predicted molar refractivity (Wildman–Crippen MR) is 165 cm³/mol. The molecule has 1 saturated heterocycles. The molecular weight excluding hydrogens is 466 g/mol. The second-order valence-electron chi connectivity index (χ2n) is 10.9. The van der Waals surface area contributed by atoms with E-state index in [2.05, 4.69) is 104 Å². The highest BCUT2D eigenvalue weighted by Crippen LogP contribution is 2.32. The number of benzene rings is 2. The number of anilines is 1. The van der Waals surface area contributed by atoms with Gasteiger partial charge in [0.25, 0.3) is 0 Å². The minimum atomic E-state index is 0.139. The molecule has 0 aromatic heterocycles. The Hall–Kier alpha value is -3.31. The molecule has 2 aromatic carbocycles. The second kappa shape index (κ2) is 14.6. The van der Waals surface area contributed by atoms with Crippen LogP contribution in [0, 0.1) is 0 Å². The molecule has 2 aliphatic rings. The lowest BCUT2D eigenvalue weighted by Crippen LogP contribution is -2.47. The van der Waals surface area contributed by atoms with Gasteiger partial charge in [-0.15, -0.1) is 0 Å². The van der Waals surface area contributed by atoms with Crippen LogP contribution in [0.4, 0.5) is 5.69 Å². The Kier molecular flexibility index (Phi) is 11.2. The first-order valence-corrected chi connectivity index (χ1v) is 13.9. The van der Waals surface area contributed by atoms with Gasteiger partial charge in [-0.1, -0.05) is 67.8 Å². The zero-order valence-electron chi connectivity index (χ0n) is 24.0. The number of nitrogens with one attached hydrogen (secondary N) is 1. The maximum absolute atomic E-state index is 4.97. The van der Waals surface area contributed by atoms with E-state index in [1.165, 1.54) is 50.8 Å². The van der Waals surface area contributed by atoms with Gasteiger partial charge in [0.2, 0.25) is 0 Å². The van der Waals surface area contributed by atoms with Crippen molar-refractivity contribution in [3.8, 4) is 0 Å². The summed E-state index contributed by atoms with van der Waals surface area (Å²) in [6, 6.07) is 20.8. The van der Waals surface area contributed by atoms with Crippen LogP contribution >= 0.6 is 0 Å². The van der Waals surface area contributed by atoms with Crippen molar-refractivity contribution in [2.75, 3.05) is 45.8 Å². The minimum absolute atomic E-state index is 0.139. The smallest absolute Gasteiger partial charge is 0.126 e. The van der Waals surface area contributed by atoms with Crippen LogP contribution in [0.15, 0.2) is 102 Å². The highest BCUT2D eigenvalue weighted by atomic mass is 15.2. The highest BCUT2D eigenvalue weighted by molar-refractivity contribution is 5.94. The lowest BCUT2D eigenvalue weighted by atomic mass is 9.78. The predicted octanol–water partition coefficient (Wildman–Crippen LogP) is 6.48. The number of amidine groups is 1. The van der Waals surface area contributed by atoms with Crippen LogP contribution in [0.1, 0.15) is 44.6 Å². The number of aliphatic imine (C=N–C) groups is 1. The maximum atomic E-state index is 4.97. The average Bonchev–Trinajstić information content (AvgIpc) is 3.39. The number of rotatable bonds is 10. The Morgan fingerprint density at radius 3 is 2.11 bits per heavy atom. The Bertz CT molecular complexity index is 1060. The monoisotopic (exact) mass is 513 g/mol. The van der Waals surface area contributed by atoms with Gasteiger partial charge in [0.15, 0.2) is 0 Å². The number of para-hydroxylation sites is 1. The first kappa shape index (κ1) is 29.2. The lowest BCUT2D eigenvalue weighted by molar-refractivity contribution is 0.229. The molecule has 1 N–H and O–H groups in total. The number of hydrogen-bond donors (Lipinski definition) is 1. The molecule has 38 heavy (non-hydrogen) atoms. The molecule has 0 amide bonds. The van der Waals surface area contributed by atoms with Gasteiger partial charge in [0.1, 0.15) is 12.5 Å². The summed E-state index contributed by atoms with van der Waals surface area (Å²) < 4.78 is 0. The normalized spacial score (nSPS) is 17.1. The van der Waals surface area contributed by atoms with Crippen LogP contribution in [0.3, 0.4) is 0 Å². The van der Waals surface area contributed by atoms with E-state index in [9.17, 15) is 0 Å². The van der Waals surface area contributed by atoms with Crippen molar-refractivity contribution in [3.63, 3.8) is 0 Å². The van der Waals surface area contributed by atoms with Gasteiger partial charge in [-0.3, -0.25) is 0 Å². The van der Waals surface area contributed by atoms with Crippen molar-refractivity contribution in [1.82, 2.24) is 15.1 Å². The molecule has 5 heteroatoms. The summed E-state index contributed by atoms with van der Waals surface area (Å²) in [5, 5.41) is 3.61. The number of hydrogen-bond acceptors (Lipinski definition) is 4. The van der Waals surface area contributed by atoms with E-state index >= 15 is 0 Å². The van der Waals surface area contributed by atoms with E-state index < -0.39 is 0 Å². The second-order valence-corrected chi connectivity index (χ2v) is 10.9. The van der Waals surface area contributed by atoms with E-state index in [1.54, 1.807) is 0 Å². The van der Waals surface area contributed by atoms with E-state index in [0.717, 1.165) is 29.3 Å². The van der Waals surface area contributed by atoms with Gasteiger partial charge in [0.05, 0.1) is 0 Å². The molecule has 1 heterocycles. The fourth-order valence-corrected chi connectivity index (χ4v) is 4.71. The van der Waals surface area contributed by atoms with Gasteiger partial charge in [0, 0.05) is 43.1 Å². The fraction of sp³-hybridized carbons (Fsp3) is 0.424. The van der Waals surface area contributed by atoms with Gasteiger partial charge >= 0.3 is 0 Å². The quantitative estimate of drug-likeness (QED) is 0.224. The zero-order chi connectivity index (χ0) is 27.4. The van der Waals surface area contributed by atoms with Crippen molar-refractivity contribution < 1.29 is 0 Å². The molecule has 204 valence electrons. The third-order valence-electron chi connectivity index (χ3n) is 7.39. The molecule has 1 aliphatic heterocycles. The first-order valence-electron chi connectivity index (χ1n) is 13.9. The maximum Gasteiger partial charge on any atom is 0.126 e. The Morgan fingerprint density at radius 2 is 1.61 bits per heavy atom. The van der Waals surface area contributed by atoms with Crippen molar-refractivity contribution in [1.29, 1.82) is 0 Å². The molecule has 1 saturated carbocycles. The van der Waals surface area contributed by atoms with E-state index in [4.69, 9.17) is 4.99 Å². The van der Waals surface area contributed by atoms with Crippen LogP contribution < -0.4 is 10.2 Å². The molecule has 2 fully saturated rings. The molecule has 1 aliphatic carbocycles. The third-order valence-corrected chi connectivity index (χ3v) is 7.39. The lowest BCUT2D eigenvalue weighted by Gasteiger charge is -2.41. The minimum Gasteiger partial charge on any atom is -0.380 e. The molecule has 4 rings (SSSR count). The third kappa shape index (κ3) is 9.21. The van der Waals surface area contributed by atoms with Crippen LogP contribution in [-0.2, 0) is 6.54 Å². The summed E-state index contributed by atoms with van der Waals surface area (Å²) in [4.78, 5) is 11.6. The highest BCUT2D eigenvalue weighted by Gasteiger charge is 2.31. The Morgan fingerprint density at radius 1 is 1.00 bits per heavy atom. The summed E-state index contributed by atoms with van der Waals surface area (Å²) in [6.45, 7) is 14.6. The average molecular weight is 514 g/mol. The zero-order valence-corrected chi connectivity index (χ0v) is 24.0. The summed E-state index contributed by atoms with van der Waals surface area (Å²) in [5.74, 6) is 0.897. The first-order chi connectivity index (χ1) is 18.3. The number of likely N-dealkylation sites (N-methyl/N-ethyl adjacent to an activating group) is 1. The topological polar surface area (TPSA) is 34.1 Å². The molecular formula is C33H47N5. The molecule has 0 radical (unpaired) electrons. The molecule has 5 nitrogen and oxygen atoms in total. The van der Waals surface area contributed by atoms with Crippen LogP contribution in [0.25, 0.3) is 0 Å². The number of allylic oxidation sites excluding steroid dienone is 1. The van der Waals surface area contributed by atoms with Crippen molar-refractivity contribution in [2.45, 2.75) is 51.1 Å². The summed E-state index contributed by atoms with van der Waals surface area (Å²) in [5.41, 5.74) is 4.39. The van der Waals surface area contributed by atoms with Gasteiger partial charge in [-0.25, -0.2) is 4.99 Å². The van der Waals surface area contributed by atoms with Gasteiger partial charge < -0.3 is 20.0 Å². The Balaban J connectivity index is 0.000000585. The van der Waals surface area contributed by atoms with Crippen LogP contribution in [-0.4, -0.2) is 62.1 Å². The van der Waals surface area contributed by atoms with Crippen molar-refractivity contribution in [2.24, 2.45) is 4.99 Å². The molecule has 0 unspecified atom stereocenters. The van der Waals surface area contributed by atoms with Gasteiger partial charge in [-0.2, -0.15) is 0 Å².